The van der Waals surface area contributed by atoms with Crippen LogP contribution in [0, 0.1) is 20.8 Å². The van der Waals surface area contributed by atoms with Gasteiger partial charge in [0.25, 0.3) is 0 Å². The molecule has 0 aliphatic rings. The first-order valence-electron chi connectivity index (χ1n) is 5.59. The van der Waals surface area contributed by atoms with Gasteiger partial charge in [0.2, 0.25) is 0 Å². The van der Waals surface area contributed by atoms with E-state index in [0.29, 0.717) is 0 Å². The van der Waals surface area contributed by atoms with Crippen molar-refractivity contribution in [2.24, 2.45) is 0 Å². The highest BCUT2D eigenvalue weighted by Gasteiger charge is 2.11. The predicted octanol–water partition coefficient (Wildman–Crippen LogP) is 2.91. The molecule has 0 radical (unpaired) electrons. The summed E-state index contributed by atoms with van der Waals surface area (Å²) in [5, 5.41) is 4.50. The molecular weight excluding hydrogens is 280 g/mol. The lowest BCUT2D eigenvalue weighted by molar-refractivity contribution is 0.779. The van der Waals surface area contributed by atoms with Gasteiger partial charge in [-0.05, 0) is 42.3 Å². The Morgan fingerprint density at radius 3 is 2.47 bits per heavy atom. The van der Waals surface area contributed by atoms with E-state index in [-0.39, 0.29) is 0 Å². The van der Waals surface area contributed by atoms with Gasteiger partial charge >= 0.3 is 0 Å². The van der Waals surface area contributed by atoms with Crippen LogP contribution in [0.5, 0.6) is 0 Å². The molecule has 17 heavy (non-hydrogen) atoms. The summed E-state index contributed by atoms with van der Waals surface area (Å²) in [5.41, 5.74) is 3.36. The van der Waals surface area contributed by atoms with Gasteiger partial charge in [0.05, 0.1) is 5.69 Å². The highest BCUT2D eigenvalue weighted by molar-refractivity contribution is 9.10. The summed E-state index contributed by atoms with van der Waals surface area (Å²) in [7, 11) is 0. The highest BCUT2D eigenvalue weighted by Crippen LogP contribution is 2.17. The van der Waals surface area contributed by atoms with E-state index in [9.17, 15) is 0 Å². The van der Waals surface area contributed by atoms with Crippen molar-refractivity contribution >= 4 is 15.9 Å². The van der Waals surface area contributed by atoms with Crippen LogP contribution in [-0.2, 0) is 6.42 Å². The van der Waals surface area contributed by atoms with E-state index in [2.05, 4.69) is 44.8 Å². The van der Waals surface area contributed by atoms with Crippen LogP contribution < -0.4 is 0 Å². The second kappa shape index (κ2) is 4.56. The molecule has 90 valence electrons. The van der Waals surface area contributed by atoms with E-state index < -0.39 is 0 Å². The van der Waals surface area contributed by atoms with Crippen LogP contribution in [0.25, 0.3) is 5.82 Å². The summed E-state index contributed by atoms with van der Waals surface area (Å²) in [6.45, 7) is 8.18. The van der Waals surface area contributed by atoms with Crippen molar-refractivity contribution in [2.45, 2.75) is 34.1 Å². The monoisotopic (exact) mass is 294 g/mol. The minimum absolute atomic E-state index is 0.796. The average Bonchev–Trinajstić information content (AvgIpc) is 2.56. The molecule has 0 aliphatic carbocycles. The lowest BCUT2D eigenvalue weighted by Gasteiger charge is -2.06. The Morgan fingerprint density at radius 2 is 1.94 bits per heavy atom. The van der Waals surface area contributed by atoms with Crippen molar-refractivity contribution in [3.05, 3.63) is 33.4 Å². The normalized spacial score (nSPS) is 10.9. The number of aromatic nitrogens is 4. The van der Waals surface area contributed by atoms with Crippen LogP contribution >= 0.6 is 15.9 Å². The highest BCUT2D eigenvalue weighted by atomic mass is 79.9. The van der Waals surface area contributed by atoms with Crippen LogP contribution in [-0.4, -0.2) is 19.7 Å². The van der Waals surface area contributed by atoms with E-state index in [1.54, 1.807) is 0 Å². The molecule has 0 fully saturated rings. The smallest absolute Gasteiger partial charge is 0.158 e. The van der Waals surface area contributed by atoms with E-state index in [0.717, 1.165) is 34.1 Å². The van der Waals surface area contributed by atoms with Crippen LogP contribution in [0.2, 0.25) is 0 Å². The molecule has 0 saturated carbocycles. The minimum Gasteiger partial charge on any atom is -0.226 e. The predicted molar refractivity (Wildman–Crippen MR) is 70.4 cm³/mol. The molecule has 4 nitrogen and oxygen atoms in total. The van der Waals surface area contributed by atoms with E-state index in [1.165, 1.54) is 5.56 Å². The van der Waals surface area contributed by atoms with Crippen molar-refractivity contribution < 1.29 is 0 Å². The van der Waals surface area contributed by atoms with Crippen LogP contribution in [0.4, 0.5) is 0 Å². The van der Waals surface area contributed by atoms with Crippen LogP contribution in [0.3, 0.4) is 0 Å². The first-order valence-corrected chi connectivity index (χ1v) is 6.39. The van der Waals surface area contributed by atoms with Gasteiger partial charge in [-0.3, -0.25) is 0 Å². The molecule has 2 rings (SSSR count). The lowest BCUT2D eigenvalue weighted by Crippen LogP contribution is -2.05. The third-order valence-electron chi connectivity index (χ3n) is 2.91. The Kier molecular flexibility index (Phi) is 3.28. The topological polar surface area (TPSA) is 43.6 Å². The third-order valence-corrected chi connectivity index (χ3v) is 3.32. The number of hydrogen-bond acceptors (Lipinski definition) is 3. The maximum atomic E-state index is 4.50. The minimum atomic E-state index is 0.796. The van der Waals surface area contributed by atoms with E-state index in [1.807, 2.05) is 24.6 Å². The molecule has 5 heteroatoms. The summed E-state index contributed by atoms with van der Waals surface area (Å²) >= 11 is 3.41. The number of halogens is 1. The molecule has 0 N–H and O–H groups in total. The average molecular weight is 295 g/mol. The Labute approximate surface area is 109 Å². The fourth-order valence-electron chi connectivity index (χ4n) is 1.66. The molecule has 0 amide bonds. The second-order valence-electron chi connectivity index (χ2n) is 4.03. The van der Waals surface area contributed by atoms with Gasteiger partial charge < -0.3 is 0 Å². The lowest BCUT2D eigenvalue weighted by atomic mass is 10.2. The molecule has 2 heterocycles. The van der Waals surface area contributed by atoms with Gasteiger partial charge in [0.1, 0.15) is 10.4 Å². The molecule has 0 aliphatic heterocycles. The zero-order valence-corrected chi connectivity index (χ0v) is 12.0. The Morgan fingerprint density at radius 1 is 1.24 bits per heavy atom. The summed E-state index contributed by atoms with van der Waals surface area (Å²) < 4.78 is 2.67. The molecule has 0 saturated heterocycles. The molecule has 0 atom stereocenters. The van der Waals surface area contributed by atoms with Crippen molar-refractivity contribution in [1.29, 1.82) is 0 Å². The van der Waals surface area contributed by atoms with Crippen LogP contribution in [0.1, 0.15) is 29.7 Å². The van der Waals surface area contributed by atoms with E-state index >= 15 is 0 Å². The summed E-state index contributed by atoms with van der Waals surface area (Å²) in [4.78, 5) is 8.80. The van der Waals surface area contributed by atoms with Crippen LogP contribution in [0.15, 0.2) is 10.7 Å². The van der Waals surface area contributed by atoms with Gasteiger partial charge in [0, 0.05) is 18.2 Å². The van der Waals surface area contributed by atoms with E-state index in [4.69, 9.17) is 0 Å². The van der Waals surface area contributed by atoms with Crippen molar-refractivity contribution in [3.63, 3.8) is 0 Å². The molecule has 2 aromatic heterocycles. The fraction of sp³-hybridized carbons (Fsp3) is 0.417. The Hall–Kier alpha value is -1.23. The summed E-state index contributed by atoms with van der Waals surface area (Å²) in [6.07, 6.45) is 0.810. The largest absolute Gasteiger partial charge is 0.226 e. The molecule has 0 bridgehead atoms. The summed E-state index contributed by atoms with van der Waals surface area (Å²) in [5.74, 6) is 1.64. The molecule has 2 aromatic rings. The number of nitrogens with zero attached hydrogens (tertiary/aromatic N) is 4. The molecule has 0 unspecified atom stereocenters. The standard InChI is InChI=1S/C12H15BrN4/c1-5-11-14-10(13)6-12(15-11)17-9(4)7(2)8(3)16-17/h6H,5H2,1-4H3. The number of rotatable bonds is 2. The first kappa shape index (κ1) is 12.2. The summed E-state index contributed by atoms with van der Waals surface area (Å²) in [6, 6.07) is 1.89. The molecule has 0 spiro atoms. The second-order valence-corrected chi connectivity index (χ2v) is 4.84. The zero-order chi connectivity index (χ0) is 12.6. The van der Waals surface area contributed by atoms with Crippen molar-refractivity contribution in [3.8, 4) is 5.82 Å². The van der Waals surface area contributed by atoms with Gasteiger partial charge in [-0.25, -0.2) is 14.6 Å². The van der Waals surface area contributed by atoms with Gasteiger partial charge in [-0.2, -0.15) is 5.10 Å². The molecular formula is C12H15BrN4. The molecule has 0 aromatic carbocycles. The zero-order valence-electron chi connectivity index (χ0n) is 10.5. The first-order chi connectivity index (χ1) is 8.02. The maximum Gasteiger partial charge on any atom is 0.158 e. The van der Waals surface area contributed by atoms with Gasteiger partial charge in [-0.15, -0.1) is 0 Å². The van der Waals surface area contributed by atoms with Gasteiger partial charge in [-0.1, -0.05) is 6.92 Å². The third kappa shape index (κ3) is 2.24. The number of aryl methyl sites for hydroxylation is 2. The maximum absolute atomic E-state index is 4.50. The van der Waals surface area contributed by atoms with Crippen molar-refractivity contribution in [1.82, 2.24) is 19.7 Å². The quantitative estimate of drug-likeness (QED) is 0.800. The Balaban J connectivity index is 2.59. The van der Waals surface area contributed by atoms with Gasteiger partial charge in [0.15, 0.2) is 5.82 Å². The number of hydrogen-bond donors (Lipinski definition) is 0. The Bertz CT molecular complexity index is 560. The SMILES string of the molecule is CCc1nc(Br)cc(-n2nc(C)c(C)c2C)n1. The fourth-order valence-corrected chi connectivity index (χ4v) is 2.07. The van der Waals surface area contributed by atoms with Crippen molar-refractivity contribution in [2.75, 3.05) is 0 Å².